The summed E-state index contributed by atoms with van der Waals surface area (Å²) in [6.45, 7) is 0. The molecule has 5 N–H and O–H groups in total. The van der Waals surface area contributed by atoms with Crippen molar-refractivity contribution in [3.05, 3.63) is 11.9 Å². The van der Waals surface area contributed by atoms with Crippen molar-refractivity contribution < 1.29 is 28.5 Å². The number of likely N-dealkylation sites (N-methyl/N-ethyl adjacent to an activating group) is 1. The van der Waals surface area contributed by atoms with Gasteiger partial charge in [-0.1, -0.05) is 0 Å². The van der Waals surface area contributed by atoms with Crippen LogP contribution in [0, 0.1) is 0 Å². The van der Waals surface area contributed by atoms with Gasteiger partial charge in [0.15, 0.2) is 11.2 Å². The summed E-state index contributed by atoms with van der Waals surface area (Å²) < 4.78 is 12.2. The van der Waals surface area contributed by atoms with E-state index in [-0.39, 0.29) is 21.8 Å². The highest BCUT2D eigenvalue weighted by Crippen LogP contribution is 2.12. The fraction of sp³-hybridized carbons (Fsp3) is 0.583. The van der Waals surface area contributed by atoms with E-state index < -0.39 is 34.8 Å². The summed E-state index contributed by atoms with van der Waals surface area (Å²) in [5.41, 5.74) is 5.85. The predicted molar refractivity (Wildman–Crippen MR) is 78.6 cm³/mol. The number of aromatic nitrogens is 2. The van der Waals surface area contributed by atoms with Gasteiger partial charge in [0.05, 0.1) is 44.1 Å². The molecule has 1 heterocycles. The van der Waals surface area contributed by atoms with E-state index in [2.05, 4.69) is 9.97 Å². The normalized spacial score (nSPS) is 16.0. The maximum absolute atomic E-state index is 11.9. The molecule has 0 aliphatic heterocycles. The van der Waals surface area contributed by atoms with Crippen molar-refractivity contribution in [1.82, 2.24) is 9.97 Å². The number of quaternary nitrogens is 1. The van der Waals surface area contributed by atoms with Crippen LogP contribution < -0.4 is 5.73 Å². The van der Waals surface area contributed by atoms with Gasteiger partial charge in [0.1, 0.15) is 6.04 Å². The molecule has 0 saturated carbocycles. The molecule has 0 bridgehead atoms. The second-order valence-electron chi connectivity index (χ2n) is 5.84. The van der Waals surface area contributed by atoms with E-state index in [1.807, 2.05) is 0 Å². The van der Waals surface area contributed by atoms with Crippen LogP contribution in [0.25, 0.3) is 0 Å². The zero-order chi connectivity index (χ0) is 17.1. The van der Waals surface area contributed by atoms with Crippen LogP contribution in [0.2, 0.25) is 0 Å². The van der Waals surface area contributed by atoms with Crippen LogP contribution in [0.1, 0.15) is 5.69 Å². The van der Waals surface area contributed by atoms with E-state index >= 15 is 0 Å². The maximum atomic E-state index is 11.9. The summed E-state index contributed by atoms with van der Waals surface area (Å²) in [6.07, 6.45) is 1.60. The lowest BCUT2D eigenvalue weighted by atomic mass is 10.1. The Morgan fingerprint density at radius 1 is 1.36 bits per heavy atom. The van der Waals surface area contributed by atoms with Gasteiger partial charge in [0.25, 0.3) is 0 Å². The number of aromatic amines is 1. The smallest absolute Gasteiger partial charge is 0.362 e. The zero-order valence-electron chi connectivity index (χ0n) is 12.6. The Bertz CT molecular complexity index is 580. The van der Waals surface area contributed by atoms with Gasteiger partial charge in [0.2, 0.25) is 0 Å². The summed E-state index contributed by atoms with van der Waals surface area (Å²) in [5, 5.41) is 18.1. The topological polar surface area (TPSA) is 146 Å². The fourth-order valence-electron chi connectivity index (χ4n) is 1.77. The summed E-state index contributed by atoms with van der Waals surface area (Å²) >= 11 is 0. The maximum Gasteiger partial charge on any atom is 0.362 e. The van der Waals surface area contributed by atoms with Crippen LogP contribution in [0.4, 0.5) is 0 Å². The lowest BCUT2D eigenvalue weighted by molar-refractivity contribution is -0.887. The van der Waals surface area contributed by atoms with Gasteiger partial charge in [-0.25, -0.2) is 9.78 Å². The molecule has 9 nitrogen and oxygen atoms in total. The minimum atomic E-state index is -1.68. The van der Waals surface area contributed by atoms with E-state index in [4.69, 9.17) is 10.8 Å². The van der Waals surface area contributed by atoms with Crippen molar-refractivity contribution in [3.63, 3.8) is 0 Å². The van der Waals surface area contributed by atoms with Crippen molar-refractivity contribution in [2.75, 3.05) is 26.9 Å². The molecule has 0 fully saturated rings. The first-order chi connectivity index (χ1) is 10.0. The quantitative estimate of drug-likeness (QED) is 0.429. The Morgan fingerprint density at radius 2 is 1.95 bits per heavy atom. The second kappa shape index (κ2) is 6.99. The largest absolute Gasteiger partial charge is 0.480 e. The van der Waals surface area contributed by atoms with Crippen LogP contribution in [0.5, 0.6) is 0 Å². The Hall–Kier alpha value is -1.78. The molecular formula is C12H21N4O5S+. The number of nitrogens with one attached hydrogen (secondary N) is 1. The van der Waals surface area contributed by atoms with Gasteiger partial charge in [-0.15, -0.1) is 0 Å². The van der Waals surface area contributed by atoms with Gasteiger partial charge in [0, 0.05) is 11.9 Å². The van der Waals surface area contributed by atoms with Gasteiger partial charge in [-0.05, 0) is 0 Å². The molecule has 0 aromatic carbocycles. The number of imidazole rings is 1. The number of carboxylic acid groups (broad SMARTS) is 2. The SMILES string of the molecule is C[N+](C)(C)[C@@H](Cc1cnc(S(=O)CC(N)C(=O)O)[nH]1)C(=O)O. The minimum absolute atomic E-state index is 0.0947. The van der Waals surface area contributed by atoms with Crippen molar-refractivity contribution >= 4 is 22.7 Å². The average molecular weight is 333 g/mol. The molecule has 0 aliphatic rings. The Morgan fingerprint density at radius 3 is 2.41 bits per heavy atom. The Balaban J connectivity index is 2.81. The highest BCUT2D eigenvalue weighted by Gasteiger charge is 2.32. The molecule has 1 rings (SSSR count). The van der Waals surface area contributed by atoms with Crippen LogP contribution in [-0.2, 0) is 26.8 Å². The third-order valence-corrected chi connectivity index (χ3v) is 4.40. The summed E-state index contributed by atoms with van der Waals surface area (Å²) in [7, 11) is 3.61. The Labute approximate surface area is 130 Å². The average Bonchev–Trinajstić information content (AvgIpc) is 2.82. The number of aliphatic carboxylic acids is 2. The van der Waals surface area contributed by atoms with Gasteiger partial charge in [-0.2, -0.15) is 0 Å². The molecule has 0 spiro atoms. The van der Waals surface area contributed by atoms with E-state index in [0.717, 1.165) is 0 Å². The fourth-order valence-corrected chi connectivity index (χ4v) is 2.81. The van der Waals surface area contributed by atoms with E-state index in [1.54, 1.807) is 21.1 Å². The highest BCUT2D eigenvalue weighted by molar-refractivity contribution is 7.84. The lowest BCUT2D eigenvalue weighted by Crippen LogP contribution is -2.51. The number of hydrogen-bond donors (Lipinski definition) is 4. The van der Waals surface area contributed by atoms with E-state index in [1.165, 1.54) is 6.20 Å². The van der Waals surface area contributed by atoms with E-state index in [0.29, 0.717) is 5.69 Å². The number of nitrogens with zero attached hydrogens (tertiary/aromatic N) is 2. The number of carboxylic acids is 2. The molecule has 0 aliphatic carbocycles. The monoisotopic (exact) mass is 333 g/mol. The second-order valence-corrected chi connectivity index (χ2v) is 7.26. The Kier molecular flexibility index (Phi) is 5.80. The number of rotatable bonds is 8. The third-order valence-electron chi connectivity index (χ3n) is 3.10. The minimum Gasteiger partial charge on any atom is -0.480 e. The third kappa shape index (κ3) is 4.90. The lowest BCUT2D eigenvalue weighted by Gasteiger charge is -2.30. The first-order valence-corrected chi connectivity index (χ1v) is 7.78. The predicted octanol–water partition coefficient (Wildman–Crippen LogP) is -1.37. The number of H-pyrrole nitrogens is 1. The summed E-state index contributed by atoms with van der Waals surface area (Å²) in [6, 6.07) is -1.93. The molecule has 3 atom stereocenters. The van der Waals surface area contributed by atoms with Crippen molar-refractivity contribution in [2.45, 2.75) is 23.7 Å². The first-order valence-electron chi connectivity index (χ1n) is 6.47. The van der Waals surface area contributed by atoms with Gasteiger partial charge >= 0.3 is 11.9 Å². The molecule has 2 unspecified atom stereocenters. The number of carbonyl (C=O) groups is 2. The molecule has 1 aromatic heterocycles. The molecular weight excluding hydrogens is 312 g/mol. The molecule has 124 valence electrons. The van der Waals surface area contributed by atoms with Gasteiger partial charge in [-0.3, -0.25) is 9.00 Å². The number of nitrogens with two attached hydrogens (primary N) is 1. The van der Waals surface area contributed by atoms with Crippen LogP contribution in [-0.4, -0.2) is 79.8 Å². The zero-order valence-corrected chi connectivity index (χ0v) is 13.5. The van der Waals surface area contributed by atoms with Crippen LogP contribution in [0.3, 0.4) is 0 Å². The van der Waals surface area contributed by atoms with Crippen molar-refractivity contribution in [3.8, 4) is 0 Å². The standard InChI is InChI=1S/C12H20N4O5S/c1-16(2,3)9(11(19)20)4-7-5-14-12(15-7)22(21)6-8(13)10(17)18/h5,8-9H,4,6,13H2,1-3H3,(H2-,14,15,17,18,19,20)/p+1/t8?,9-,22?/m0/s1. The molecule has 10 heteroatoms. The number of hydrogen-bond acceptors (Lipinski definition) is 5. The van der Waals surface area contributed by atoms with Crippen molar-refractivity contribution in [1.29, 1.82) is 0 Å². The summed E-state index contributed by atoms with van der Waals surface area (Å²) in [5.74, 6) is -2.45. The van der Waals surface area contributed by atoms with E-state index in [9.17, 15) is 18.9 Å². The van der Waals surface area contributed by atoms with Gasteiger partial charge < -0.3 is 25.4 Å². The molecule has 22 heavy (non-hydrogen) atoms. The molecule has 0 saturated heterocycles. The van der Waals surface area contributed by atoms with Crippen molar-refractivity contribution in [2.24, 2.45) is 5.73 Å². The molecule has 1 aromatic rings. The highest BCUT2D eigenvalue weighted by atomic mass is 32.2. The molecule has 0 amide bonds. The van der Waals surface area contributed by atoms with Crippen LogP contribution >= 0.6 is 0 Å². The van der Waals surface area contributed by atoms with Crippen LogP contribution in [0.15, 0.2) is 11.4 Å². The molecule has 0 radical (unpaired) electrons. The summed E-state index contributed by atoms with van der Waals surface area (Å²) in [4.78, 5) is 28.7. The first kappa shape index (κ1) is 18.3.